The van der Waals surface area contributed by atoms with Crippen LogP contribution in [-0.2, 0) is 0 Å². The van der Waals surface area contributed by atoms with Gasteiger partial charge in [0.25, 0.3) is 5.91 Å². The van der Waals surface area contributed by atoms with Crippen LogP contribution < -0.4 is 5.32 Å². The first-order valence-corrected chi connectivity index (χ1v) is 7.33. The lowest BCUT2D eigenvalue weighted by Crippen LogP contribution is -2.26. The first kappa shape index (κ1) is 14.1. The first-order chi connectivity index (χ1) is 9.27. The summed E-state index contributed by atoms with van der Waals surface area (Å²) in [5.41, 5.74) is 1.83. The third kappa shape index (κ3) is 4.35. The maximum absolute atomic E-state index is 12.0. The molecular formula is C16H24N2O. The van der Waals surface area contributed by atoms with Crippen molar-refractivity contribution in [3.63, 3.8) is 0 Å². The Kier molecular flexibility index (Phi) is 5.40. The molecule has 0 spiro atoms. The first-order valence-electron chi connectivity index (χ1n) is 7.33. The van der Waals surface area contributed by atoms with Crippen LogP contribution in [-0.4, -0.2) is 37.0 Å². The summed E-state index contributed by atoms with van der Waals surface area (Å²) in [6, 6.07) is 7.73. The smallest absolute Gasteiger partial charge is 0.251 e. The van der Waals surface area contributed by atoms with E-state index in [2.05, 4.69) is 10.2 Å². The lowest BCUT2D eigenvalue weighted by molar-refractivity contribution is 0.0952. The molecule has 1 N–H and O–H groups in total. The molecule has 3 heteroatoms. The van der Waals surface area contributed by atoms with E-state index in [1.165, 1.54) is 38.9 Å². The lowest BCUT2D eigenvalue weighted by Gasteiger charge is -2.14. The molecule has 1 fully saturated rings. The highest BCUT2D eigenvalue weighted by Gasteiger charge is 2.10. The molecule has 19 heavy (non-hydrogen) atoms. The number of unbranched alkanes of at least 4 members (excludes halogenated alkanes) is 1. The molecule has 0 atom stereocenters. The van der Waals surface area contributed by atoms with Crippen LogP contribution >= 0.6 is 0 Å². The van der Waals surface area contributed by atoms with Crippen molar-refractivity contribution in [2.45, 2.75) is 32.6 Å². The van der Waals surface area contributed by atoms with Crippen LogP contribution in [0.15, 0.2) is 24.3 Å². The fourth-order valence-corrected chi connectivity index (χ4v) is 2.59. The van der Waals surface area contributed by atoms with Gasteiger partial charge in [0, 0.05) is 12.1 Å². The van der Waals surface area contributed by atoms with Crippen molar-refractivity contribution in [3.8, 4) is 0 Å². The monoisotopic (exact) mass is 260 g/mol. The average Bonchev–Trinajstić information content (AvgIpc) is 2.92. The van der Waals surface area contributed by atoms with Crippen LogP contribution in [0, 0.1) is 6.92 Å². The van der Waals surface area contributed by atoms with Crippen LogP contribution in [0.4, 0.5) is 0 Å². The summed E-state index contributed by atoms with van der Waals surface area (Å²) in [6.07, 6.45) is 4.94. The number of hydrogen-bond donors (Lipinski definition) is 1. The molecule has 1 saturated heterocycles. The van der Waals surface area contributed by atoms with Crippen LogP contribution in [0.3, 0.4) is 0 Å². The minimum absolute atomic E-state index is 0.0549. The Morgan fingerprint density at radius 1 is 1.21 bits per heavy atom. The number of carbonyl (C=O) groups excluding carboxylic acids is 1. The molecule has 0 saturated carbocycles. The summed E-state index contributed by atoms with van der Waals surface area (Å²) >= 11 is 0. The molecule has 1 aromatic carbocycles. The molecule has 2 rings (SSSR count). The lowest BCUT2D eigenvalue weighted by atomic mass is 10.1. The maximum Gasteiger partial charge on any atom is 0.251 e. The van der Waals surface area contributed by atoms with E-state index in [1.54, 1.807) is 0 Å². The molecule has 1 heterocycles. The minimum atomic E-state index is 0.0549. The van der Waals surface area contributed by atoms with Gasteiger partial charge in [-0.15, -0.1) is 0 Å². The highest BCUT2D eigenvalue weighted by atomic mass is 16.1. The Labute approximate surface area is 116 Å². The molecule has 0 unspecified atom stereocenters. The topological polar surface area (TPSA) is 32.3 Å². The molecule has 0 aromatic heterocycles. The summed E-state index contributed by atoms with van der Waals surface area (Å²) in [6.45, 7) is 6.45. The molecule has 3 nitrogen and oxygen atoms in total. The number of aryl methyl sites for hydroxylation is 1. The van der Waals surface area contributed by atoms with Gasteiger partial charge >= 0.3 is 0 Å². The summed E-state index contributed by atoms with van der Waals surface area (Å²) in [5, 5.41) is 3.01. The normalized spacial score (nSPS) is 15.6. The van der Waals surface area contributed by atoms with E-state index in [9.17, 15) is 4.79 Å². The molecule has 0 bridgehead atoms. The fraction of sp³-hybridized carbons (Fsp3) is 0.562. The van der Waals surface area contributed by atoms with Crippen LogP contribution in [0.2, 0.25) is 0 Å². The molecule has 1 aliphatic heterocycles. The van der Waals surface area contributed by atoms with Gasteiger partial charge in [-0.05, 0) is 63.9 Å². The van der Waals surface area contributed by atoms with Crippen LogP contribution in [0.1, 0.15) is 41.6 Å². The second-order valence-corrected chi connectivity index (χ2v) is 5.33. The third-order valence-electron chi connectivity index (χ3n) is 3.78. The summed E-state index contributed by atoms with van der Waals surface area (Å²) < 4.78 is 0. The molecule has 1 aliphatic rings. The highest BCUT2D eigenvalue weighted by Crippen LogP contribution is 2.08. The Morgan fingerprint density at radius 2 is 1.95 bits per heavy atom. The van der Waals surface area contributed by atoms with Gasteiger partial charge in [-0.1, -0.05) is 18.2 Å². The van der Waals surface area contributed by atoms with Crippen molar-refractivity contribution in [2.75, 3.05) is 26.2 Å². The summed E-state index contributed by atoms with van der Waals surface area (Å²) in [7, 11) is 0. The average molecular weight is 260 g/mol. The van der Waals surface area contributed by atoms with E-state index in [0.29, 0.717) is 0 Å². The van der Waals surface area contributed by atoms with Crippen molar-refractivity contribution in [1.82, 2.24) is 10.2 Å². The standard InChI is InChI=1S/C16H24N2O/c1-14-8-2-3-9-15(14)16(19)17-10-4-5-11-18-12-6-7-13-18/h2-3,8-9H,4-7,10-13H2,1H3,(H,17,19). The largest absolute Gasteiger partial charge is 0.352 e. The van der Waals surface area contributed by atoms with Crippen molar-refractivity contribution < 1.29 is 4.79 Å². The molecule has 104 valence electrons. The second kappa shape index (κ2) is 7.29. The maximum atomic E-state index is 12.0. The van der Waals surface area contributed by atoms with Crippen molar-refractivity contribution >= 4 is 5.91 Å². The van der Waals surface area contributed by atoms with Crippen molar-refractivity contribution in [1.29, 1.82) is 0 Å². The quantitative estimate of drug-likeness (QED) is 0.797. The number of nitrogens with zero attached hydrogens (tertiary/aromatic N) is 1. The number of rotatable bonds is 6. The predicted octanol–water partition coefficient (Wildman–Crippen LogP) is 2.60. The van der Waals surface area contributed by atoms with Gasteiger partial charge in [0.1, 0.15) is 0 Å². The number of nitrogens with one attached hydrogen (secondary N) is 1. The van der Waals surface area contributed by atoms with E-state index in [0.717, 1.165) is 24.1 Å². The Bertz CT molecular complexity index is 411. The number of likely N-dealkylation sites (tertiary alicyclic amines) is 1. The number of hydrogen-bond acceptors (Lipinski definition) is 2. The van der Waals surface area contributed by atoms with Gasteiger partial charge in [-0.25, -0.2) is 0 Å². The predicted molar refractivity (Wildman–Crippen MR) is 78.4 cm³/mol. The van der Waals surface area contributed by atoms with Crippen molar-refractivity contribution in [2.24, 2.45) is 0 Å². The summed E-state index contributed by atoms with van der Waals surface area (Å²) in [5.74, 6) is 0.0549. The van der Waals surface area contributed by atoms with Gasteiger partial charge < -0.3 is 10.2 Å². The summed E-state index contributed by atoms with van der Waals surface area (Å²) in [4.78, 5) is 14.5. The molecule has 1 aromatic rings. The Morgan fingerprint density at radius 3 is 2.68 bits per heavy atom. The van der Waals surface area contributed by atoms with E-state index >= 15 is 0 Å². The third-order valence-corrected chi connectivity index (χ3v) is 3.78. The van der Waals surface area contributed by atoms with E-state index in [-0.39, 0.29) is 5.91 Å². The number of carbonyl (C=O) groups is 1. The van der Waals surface area contributed by atoms with Gasteiger partial charge in [-0.2, -0.15) is 0 Å². The highest BCUT2D eigenvalue weighted by molar-refractivity contribution is 5.95. The SMILES string of the molecule is Cc1ccccc1C(=O)NCCCCN1CCCC1. The van der Waals surface area contributed by atoms with Gasteiger partial charge in [0.2, 0.25) is 0 Å². The van der Waals surface area contributed by atoms with E-state index < -0.39 is 0 Å². The molecule has 0 radical (unpaired) electrons. The molecule has 0 aliphatic carbocycles. The van der Waals surface area contributed by atoms with Gasteiger partial charge in [0.15, 0.2) is 0 Å². The van der Waals surface area contributed by atoms with Crippen molar-refractivity contribution in [3.05, 3.63) is 35.4 Å². The molecule has 1 amide bonds. The van der Waals surface area contributed by atoms with Gasteiger partial charge in [-0.3, -0.25) is 4.79 Å². The molecular weight excluding hydrogens is 236 g/mol. The van der Waals surface area contributed by atoms with E-state index in [4.69, 9.17) is 0 Å². The minimum Gasteiger partial charge on any atom is -0.352 e. The zero-order valence-electron chi connectivity index (χ0n) is 11.8. The Hall–Kier alpha value is -1.35. The van der Waals surface area contributed by atoms with Crippen LogP contribution in [0.25, 0.3) is 0 Å². The zero-order chi connectivity index (χ0) is 13.5. The number of benzene rings is 1. The number of amides is 1. The fourth-order valence-electron chi connectivity index (χ4n) is 2.59. The van der Waals surface area contributed by atoms with Gasteiger partial charge in [0.05, 0.1) is 0 Å². The zero-order valence-corrected chi connectivity index (χ0v) is 11.8. The Balaban J connectivity index is 1.62. The van der Waals surface area contributed by atoms with E-state index in [1.807, 2.05) is 31.2 Å². The second-order valence-electron chi connectivity index (χ2n) is 5.33. The van der Waals surface area contributed by atoms with Crippen LogP contribution in [0.5, 0.6) is 0 Å².